The fourth-order valence-corrected chi connectivity index (χ4v) is 1.88. The standard InChI is InChI=1S/C14H19FN2O/c1-9(11-4-3-5-12(15)8-11)16-10(2)14(18)17-13-6-7-13/h3-5,8-10,13,16H,6-7H2,1-2H3,(H,17,18)/t9-,10?/m1/s1. The molecule has 1 aromatic carbocycles. The maximum atomic E-state index is 13.1. The van der Waals surface area contributed by atoms with Gasteiger partial charge in [-0.25, -0.2) is 4.39 Å². The molecule has 1 aromatic rings. The van der Waals surface area contributed by atoms with Crippen LogP contribution in [0.5, 0.6) is 0 Å². The summed E-state index contributed by atoms with van der Waals surface area (Å²) in [6.45, 7) is 3.75. The van der Waals surface area contributed by atoms with Crippen LogP contribution in [0.3, 0.4) is 0 Å². The third-order valence-corrected chi connectivity index (χ3v) is 3.17. The Hall–Kier alpha value is -1.42. The van der Waals surface area contributed by atoms with Crippen molar-refractivity contribution in [2.75, 3.05) is 0 Å². The van der Waals surface area contributed by atoms with Gasteiger partial charge in [0.15, 0.2) is 0 Å². The van der Waals surface area contributed by atoms with Crippen LogP contribution < -0.4 is 10.6 Å². The molecular formula is C14H19FN2O. The van der Waals surface area contributed by atoms with Crippen LogP contribution in [-0.2, 0) is 4.79 Å². The Balaban J connectivity index is 1.89. The van der Waals surface area contributed by atoms with Gasteiger partial charge < -0.3 is 5.32 Å². The summed E-state index contributed by atoms with van der Waals surface area (Å²) in [6.07, 6.45) is 2.16. The van der Waals surface area contributed by atoms with Crippen molar-refractivity contribution in [1.29, 1.82) is 0 Å². The molecular weight excluding hydrogens is 231 g/mol. The summed E-state index contributed by atoms with van der Waals surface area (Å²) < 4.78 is 13.1. The van der Waals surface area contributed by atoms with E-state index in [9.17, 15) is 9.18 Å². The smallest absolute Gasteiger partial charge is 0.237 e. The average molecular weight is 250 g/mol. The Bertz CT molecular complexity index is 432. The minimum atomic E-state index is -0.274. The van der Waals surface area contributed by atoms with Gasteiger partial charge in [0, 0.05) is 12.1 Å². The van der Waals surface area contributed by atoms with Crippen molar-refractivity contribution in [2.24, 2.45) is 0 Å². The third kappa shape index (κ3) is 3.53. The summed E-state index contributed by atoms with van der Waals surface area (Å²) in [5, 5.41) is 6.12. The summed E-state index contributed by atoms with van der Waals surface area (Å²) in [5.41, 5.74) is 0.848. The fourth-order valence-electron chi connectivity index (χ4n) is 1.88. The summed E-state index contributed by atoms with van der Waals surface area (Å²) in [7, 11) is 0. The van der Waals surface area contributed by atoms with E-state index >= 15 is 0 Å². The first kappa shape index (κ1) is 13.0. The second kappa shape index (κ2) is 5.48. The van der Waals surface area contributed by atoms with Gasteiger partial charge in [-0.15, -0.1) is 0 Å². The lowest BCUT2D eigenvalue weighted by atomic mass is 10.1. The van der Waals surface area contributed by atoms with Gasteiger partial charge >= 0.3 is 0 Å². The van der Waals surface area contributed by atoms with Gasteiger partial charge in [-0.2, -0.15) is 0 Å². The van der Waals surface area contributed by atoms with Gasteiger partial charge in [-0.05, 0) is 44.4 Å². The minimum Gasteiger partial charge on any atom is -0.352 e. The number of rotatable bonds is 5. The molecule has 18 heavy (non-hydrogen) atoms. The average Bonchev–Trinajstić information content (AvgIpc) is 3.12. The quantitative estimate of drug-likeness (QED) is 0.840. The van der Waals surface area contributed by atoms with Crippen LogP contribution in [0, 0.1) is 5.82 Å². The topological polar surface area (TPSA) is 41.1 Å². The lowest BCUT2D eigenvalue weighted by molar-refractivity contribution is -0.123. The Kier molecular flexibility index (Phi) is 3.97. The van der Waals surface area contributed by atoms with Crippen LogP contribution in [0.2, 0.25) is 0 Å². The van der Waals surface area contributed by atoms with E-state index in [0.717, 1.165) is 18.4 Å². The molecule has 0 radical (unpaired) electrons. The predicted octanol–water partition coefficient (Wildman–Crippen LogP) is 2.14. The van der Waals surface area contributed by atoms with Crippen LogP contribution >= 0.6 is 0 Å². The van der Waals surface area contributed by atoms with E-state index in [1.807, 2.05) is 19.9 Å². The van der Waals surface area contributed by atoms with Crippen LogP contribution in [0.4, 0.5) is 4.39 Å². The van der Waals surface area contributed by atoms with Crippen molar-refractivity contribution < 1.29 is 9.18 Å². The van der Waals surface area contributed by atoms with E-state index in [1.54, 1.807) is 6.07 Å². The molecule has 2 rings (SSSR count). The Labute approximate surface area is 107 Å². The molecule has 1 aliphatic carbocycles. The number of hydrogen-bond acceptors (Lipinski definition) is 2. The molecule has 2 atom stereocenters. The summed E-state index contributed by atoms with van der Waals surface area (Å²) in [5.74, 6) is -0.239. The molecule has 0 heterocycles. The van der Waals surface area contributed by atoms with Gasteiger partial charge in [0.25, 0.3) is 0 Å². The Morgan fingerprint density at radius 1 is 1.39 bits per heavy atom. The highest BCUT2D eigenvalue weighted by Crippen LogP contribution is 2.19. The molecule has 98 valence electrons. The highest BCUT2D eigenvalue weighted by atomic mass is 19.1. The fraction of sp³-hybridized carbons (Fsp3) is 0.500. The van der Waals surface area contributed by atoms with Crippen molar-refractivity contribution in [3.8, 4) is 0 Å². The van der Waals surface area contributed by atoms with Crippen molar-refractivity contribution in [3.05, 3.63) is 35.6 Å². The Morgan fingerprint density at radius 2 is 2.11 bits per heavy atom. The first-order valence-corrected chi connectivity index (χ1v) is 6.38. The number of carbonyl (C=O) groups excluding carboxylic acids is 1. The molecule has 1 amide bonds. The first-order valence-electron chi connectivity index (χ1n) is 6.38. The SMILES string of the molecule is CC(N[C@H](C)c1cccc(F)c1)C(=O)NC1CC1. The molecule has 0 aliphatic heterocycles. The van der Waals surface area contributed by atoms with Gasteiger partial charge in [-0.1, -0.05) is 12.1 Å². The molecule has 2 N–H and O–H groups in total. The maximum Gasteiger partial charge on any atom is 0.237 e. The van der Waals surface area contributed by atoms with Crippen LogP contribution in [-0.4, -0.2) is 18.0 Å². The number of hydrogen-bond donors (Lipinski definition) is 2. The lowest BCUT2D eigenvalue weighted by Crippen LogP contribution is -2.43. The largest absolute Gasteiger partial charge is 0.352 e. The van der Waals surface area contributed by atoms with E-state index < -0.39 is 0 Å². The van der Waals surface area contributed by atoms with E-state index in [0.29, 0.717) is 6.04 Å². The first-order chi connectivity index (χ1) is 8.56. The molecule has 1 saturated carbocycles. The monoisotopic (exact) mass is 250 g/mol. The minimum absolute atomic E-state index is 0.0146. The van der Waals surface area contributed by atoms with Gasteiger partial charge in [-0.3, -0.25) is 10.1 Å². The molecule has 1 fully saturated rings. The lowest BCUT2D eigenvalue weighted by Gasteiger charge is -2.20. The molecule has 3 nitrogen and oxygen atoms in total. The zero-order chi connectivity index (χ0) is 13.1. The highest BCUT2D eigenvalue weighted by Gasteiger charge is 2.26. The number of halogens is 1. The van der Waals surface area contributed by atoms with Gasteiger partial charge in [0.2, 0.25) is 5.91 Å². The normalized spacial score (nSPS) is 18.2. The zero-order valence-electron chi connectivity index (χ0n) is 10.7. The number of carbonyl (C=O) groups is 1. The van der Waals surface area contributed by atoms with Crippen molar-refractivity contribution in [3.63, 3.8) is 0 Å². The maximum absolute atomic E-state index is 13.1. The summed E-state index contributed by atoms with van der Waals surface area (Å²) in [4.78, 5) is 11.8. The molecule has 0 saturated heterocycles. The highest BCUT2D eigenvalue weighted by molar-refractivity contribution is 5.81. The van der Waals surface area contributed by atoms with Crippen molar-refractivity contribution >= 4 is 5.91 Å². The zero-order valence-corrected chi connectivity index (χ0v) is 10.7. The second-order valence-corrected chi connectivity index (χ2v) is 4.95. The van der Waals surface area contributed by atoms with E-state index in [-0.39, 0.29) is 23.8 Å². The number of nitrogens with one attached hydrogen (secondary N) is 2. The van der Waals surface area contributed by atoms with Gasteiger partial charge in [0.1, 0.15) is 5.82 Å². The second-order valence-electron chi connectivity index (χ2n) is 4.95. The molecule has 0 bridgehead atoms. The van der Waals surface area contributed by atoms with Crippen molar-refractivity contribution in [1.82, 2.24) is 10.6 Å². The van der Waals surface area contributed by atoms with E-state index in [1.165, 1.54) is 12.1 Å². The van der Waals surface area contributed by atoms with E-state index in [2.05, 4.69) is 10.6 Å². The van der Waals surface area contributed by atoms with E-state index in [4.69, 9.17) is 0 Å². The number of amides is 1. The summed E-state index contributed by atoms with van der Waals surface area (Å²) >= 11 is 0. The van der Waals surface area contributed by atoms with Crippen LogP contribution in [0.15, 0.2) is 24.3 Å². The molecule has 0 spiro atoms. The summed E-state index contributed by atoms with van der Waals surface area (Å²) in [6, 6.07) is 6.47. The molecule has 4 heteroatoms. The predicted molar refractivity (Wildman–Crippen MR) is 68.6 cm³/mol. The molecule has 1 unspecified atom stereocenters. The Morgan fingerprint density at radius 3 is 2.72 bits per heavy atom. The molecule has 1 aliphatic rings. The third-order valence-electron chi connectivity index (χ3n) is 3.17. The van der Waals surface area contributed by atoms with Crippen LogP contribution in [0.1, 0.15) is 38.3 Å². The number of benzene rings is 1. The van der Waals surface area contributed by atoms with Crippen LogP contribution in [0.25, 0.3) is 0 Å². The van der Waals surface area contributed by atoms with Gasteiger partial charge in [0.05, 0.1) is 6.04 Å². The van der Waals surface area contributed by atoms with Crippen molar-refractivity contribution in [2.45, 2.75) is 44.8 Å². The molecule has 0 aromatic heterocycles.